The van der Waals surface area contributed by atoms with E-state index in [0.717, 1.165) is 0 Å². The number of nitrogen functional groups attached to an aromatic ring is 1. The number of aromatic nitrogens is 2. The number of nitrogens with two attached hydrogens (primary N) is 1. The summed E-state index contributed by atoms with van der Waals surface area (Å²) >= 11 is 1.30. The molecule has 0 aliphatic rings. The van der Waals surface area contributed by atoms with Gasteiger partial charge in [0.25, 0.3) is 10.0 Å². The zero-order valence-electron chi connectivity index (χ0n) is 10.9. The van der Waals surface area contributed by atoms with Gasteiger partial charge in [-0.25, -0.2) is 19.0 Å². The van der Waals surface area contributed by atoms with Crippen LogP contribution in [0.3, 0.4) is 0 Å². The van der Waals surface area contributed by atoms with E-state index >= 15 is 0 Å². The van der Waals surface area contributed by atoms with Gasteiger partial charge in [0, 0.05) is 40.4 Å². The van der Waals surface area contributed by atoms with Crippen molar-refractivity contribution in [1.82, 2.24) is 14.1 Å². The van der Waals surface area contributed by atoms with Gasteiger partial charge < -0.3 is 5.43 Å². The van der Waals surface area contributed by atoms with Crippen LogP contribution in [0.15, 0.2) is 16.6 Å². The zero-order valence-corrected chi connectivity index (χ0v) is 13.3. The molecule has 2 atom stereocenters. The molecule has 0 aliphatic carbocycles. The fourth-order valence-corrected chi connectivity index (χ4v) is 4.10. The molecule has 2 aromatic rings. The smallest absolute Gasteiger partial charge is 0.260 e. The van der Waals surface area contributed by atoms with Crippen LogP contribution in [0.5, 0.6) is 0 Å². The van der Waals surface area contributed by atoms with Gasteiger partial charge in [0.05, 0.1) is 0 Å². The topological polar surface area (TPSA) is 119 Å². The minimum Gasteiger partial charge on any atom is -0.306 e. The van der Waals surface area contributed by atoms with Gasteiger partial charge in [0.15, 0.2) is 10.8 Å². The van der Waals surface area contributed by atoms with Crippen LogP contribution < -0.4 is 16.0 Å². The van der Waals surface area contributed by atoms with Crippen molar-refractivity contribution >= 4 is 42.9 Å². The van der Waals surface area contributed by atoms with E-state index in [1.165, 1.54) is 22.0 Å². The minimum atomic E-state index is -3.80. The monoisotopic (exact) mass is 337 g/mol. The number of rotatable bonds is 6. The number of anilines is 1. The molecule has 11 heteroatoms. The van der Waals surface area contributed by atoms with Gasteiger partial charge >= 0.3 is 0 Å². The number of imidazole rings is 1. The first-order chi connectivity index (χ1) is 9.36. The first kappa shape index (κ1) is 15.4. The van der Waals surface area contributed by atoms with Crippen molar-refractivity contribution in [3.05, 3.63) is 11.6 Å². The third-order valence-electron chi connectivity index (χ3n) is 2.74. The summed E-state index contributed by atoms with van der Waals surface area (Å²) in [5.74, 6) is 5.39. The maximum atomic E-state index is 12.4. The first-order valence-corrected chi connectivity index (χ1v) is 9.59. The van der Waals surface area contributed by atoms with Gasteiger partial charge in [0.1, 0.15) is 0 Å². The molecule has 2 rings (SSSR count). The SMILES string of the molecule is CC(CNS(=O)(=O)c1c(NN)nc2sccn12)S(C)=O. The van der Waals surface area contributed by atoms with Crippen molar-refractivity contribution in [3.8, 4) is 0 Å². The first-order valence-electron chi connectivity index (χ1n) is 5.61. The molecule has 20 heavy (non-hydrogen) atoms. The quantitative estimate of drug-likeness (QED) is 0.493. The predicted molar refractivity (Wildman–Crippen MR) is 79.6 cm³/mol. The van der Waals surface area contributed by atoms with Crippen LogP contribution in [0.25, 0.3) is 4.96 Å². The predicted octanol–water partition coefficient (Wildman–Crippen LogP) is -0.273. The Bertz CT molecular complexity index is 735. The summed E-state index contributed by atoms with van der Waals surface area (Å²) in [5, 5.41) is 1.39. The Hall–Kier alpha value is -1.01. The molecule has 4 N–H and O–H groups in total. The normalized spacial score (nSPS) is 15.3. The molecular weight excluding hydrogens is 322 g/mol. The molecule has 0 fully saturated rings. The number of sulfonamides is 1. The molecule has 0 saturated heterocycles. The third kappa shape index (κ3) is 2.86. The van der Waals surface area contributed by atoms with Crippen LogP contribution in [-0.4, -0.2) is 40.1 Å². The molecule has 0 aromatic carbocycles. The highest BCUT2D eigenvalue weighted by Gasteiger charge is 2.26. The van der Waals surface area contributed by atoms with Gasteiger partial charge in [-0.2, -0.15) is 4.98 Å². The lowest BCUT2D eigenvalue weighted by molar-refractivity contribution is 0.576. The van der Waals surface area contributed by atoms with Gasteiger partial charge in [-0.1, -0.05) is 0 Å². The van der Waals surface area contributed by atoms with E-state index in [1.54, 1.807) is 18.5 Å². The summed E-state index contributed by atoms with van der Waals surface area (Å²) < 4.78 is 39.8. The van der Waals surface area contributed by atoms with Crippen molar-refractivity contribution in [2.75, 3.05) is 18.2 Å². The van der Waals surface area contributed by atoms with Gasteiger partial charge in [-0.3, -0.25) is 8.61 Å². The summed E-state index contributed by atoms with van der Waals surface area (Å²) in [4.78, 5) is 4.60. The summed E-state index contributed by atoms with van der Waals surface area (Å²) in [6, 6.07) is 0. The molecule has 0 bridgehead atoms. The average Bonchev–Trinajstić information content (AvgIpc) is 2.94. The Labute approximate surface area is 122 Å². The molecule has 0 radical (unpaired) electrons. The molecule has 2 aromatic heterocycles. The molecular formula is C9H15N5O3S3. The van der Waals surface area contributed by atoms with Crippen molar-refractivity contribution in [1.29, 1.82) is 0 Å². The van der Waals surface area contributed by atoms with Crippen LogP contribution in [0.2, 0.25) is 0 Å². The summed E-state index contributed by atoms with van der Waals surface area (Å²) in [6.45, 7) is 1.78. The molecule has 0 amide bonds. The van der Waals surface area contributed by atoms with Gasteiger partial charge in [0.2, 0.25) is 5.03 Å². The van der Waals surface area contributed by atoms with Crippen LogP contribution in [0, 0.1) is 0 Å². The molecule has 112 valence electrons. The summed E-state index contributed by atoms with van der Waals surface area (Å²) in [6.07, 6.45) is 3.13. The number of fused-ring (bicyclic) bond motifs is 1. The zero-order chi connectivity index (χ0) is 14.9. The van der Waals surface area contributed by atoms with Crippen molar-refractivity contribution in [2.24, 2.45) is 5.84 Å². The average molecular weight is 337 g/mol. The summed E-state index contributed by atoms with van der Waals surface area (Å²) in [7, 11) is -4.91. The number of hydrazine groups is 1. The lowest BCUT2D eigenvalue weighted by atomic mass is 10.5. The van der Waals surface area contributed by atoms with Crippen LogP contribution in [0.1, 0.15) is 6.92 Å². The lowest BCUT2D eigenvalue weighted by Crippen LogP contribution is -2.33. The maximum absolute atomic E-state index is 12.4. The molecule has 2 unspecified atom stereocenters. The Morgan fingerprint density at radius 3 is 2.90 bits per heavy atom. The van der Waals surface area contributed by atoms with Crippen molar-refractivity contribution in [3.63, 3.8) is 0 Å². The van der Waals surface area contributed by atoms with Gasteiger partial charge in [-0.15, -0.1) is 11.3 Å². The largest absolute Gasteiger partial charge is 0.306 e. The van der Waals surface area contributed by atoms with E-state index in [4.69, 9.17) is 5.84 Å². The number of hydrogen-bond acceptors (Lipinski definition) is 7. The Morgan fingerprint density at radius 2 is 2.30 bits per heavy atom. The molecule has 0 aliphatic heterocycles. The van der Waals surface area contributed by atoms with Crippen molar-refractivity contribution in [2.45, 2.75) is 17.2 Å². The standard InChI is InChI=1S/C9H15N5O3S3/c1-6(19(2)15)5-11-20(16,17)8-7(13-10)12-9-14(8)3-4-18-9/h3-4,6,11,13H,5,10H2,1-2H3. The maximum Gasteiger partial charge on any atom is 0.260 e. The number of thiazole rings is 1. The minimum absolute atomic E-state index is 0.0506. The van der Waals surface area contributed by atoms with E-state index in [0.29, 0.717) is 4.96 Å². The van der Waals surface area contributed by atoms with Crippen molar-refractivity contribution < 1.29 is 12.6 Å². The Balaban J connectivity index is 2.36. The number of nitrogens with zero attached hydrogens (tertiary/aromatic N) is 2. The second-order valence-electron chi connectivity index (χ2n) is 4.13. The molecule has 0 saturated carbocycles. The van der Waals surface area contributed by atoms with Gasteiger partial charge in [-0.05, 0) is 6.92 Å². The second-order valence-corrected chi connectivity index (χ2v) is 8.48. The fourth-order valence-electron chi connectivity index (χ4n) is 1.53. The van der Waals surface area contributed by atoms with E-state index in [1.807, 2.05) is 0 Å². The van der Waals surface area contributed by atoms with E-state index in [2.05, 4.69) is 15.1 Å². The van der Waals surface area contributed by atoms with Crippen LogP contribution in [0.4, 0.5) is 5.82 Å². The van der Waals surface area contributed by atoms with Crippen LogP contribution in [-0.2, 0) is 20.8 Å². The molecule has 2 heterocycles. The van der Waals surface area contributed by atoms with Crippen LogP contribution >= 0.6 is 11.3 Å². The van der Waals surface area contributed by atoms with E-state index in [9.17, 15) is 12.6 Å². The number of hydrogen-bond donors (Lipinski definition) is 3. The Kier molecular flexibility index (Phi) is 4.44. The third-order valence-corrected chi connectivity index (χ3v) is 6.24. The Morgan fingerprint density at radius 1 is 1.60 bits per heavy atom. The fraction of sp³-hybridized carbons (Fsp3) is 0.444. The molecule has 8 nitrogen and oxygen atoms in total. The number of nitrogens with one attached hydrogen (secondary N) is 2. The highest BCUT2D eigenvalue weighted by molar-refractivity contribution is 7.89. The highest BCUT2D eigenvalue weighted by Crippen LogP contribution is 2.24. The second kappa shape index (κ2) is 5.77. The van der Waals surface area contributed by atoms with E-state index in [-0.39, 0.29) is 22.6 Å². The molecule has 0 spiro atoms. The highest BCUT2D eigenvalue weighted by atomic mass is 32.2. The summed E-state index contributed by atoms with van der Waals surface area (Å²) in [5.41, 5.74) is 2.28. The lowest BCUT2D eigenvalue weighted by Gasteiger charge is -2.11. The van der Waals surface area contributed by atoms with E-state index < -0.39 is 20.8 Å².